The van der Waals surface area contributed by atoms with E-state index in [1.165, 1.54) is 5.69 Å². The van der Waals surface area contributed by atoms with Gasteiger partial charge in [-0.2, -0.15) is 0 Å². The lowest BCUT2D eigenvalue weighted by molar-refractivity contribution is 0.585. The Bertz CT molecular complexity index is 300. The molecular formula is C10H13ClN2O. The van der Waals surface area contributed by atoms with Crippen LogP contribution in [0.1, 0.15) is 0 Å². The van der Waals surface area contributed by atoms with Gasteiger partial charge in [0.25, 0.3) is 0 Å². The molecular weight excluding hydrogens is 200 g/mol. The molecule has 76 valence electrons. The number of nitrogens with zero attached hydrogens (tertiary/aromatic N) is 1. The molecule has 0 aromatic heterocycles. The highest BCUT2D eigenvalue weighted by Gasteiger charge is 2.10. The van der Waals surface area contributed by atoms with Crippen LogP contribution in [0.2, 0.25) is 0 Å². The summed E-state index contributed by atoms with van der Waals surface area (Å²) in [5.41, 5.74) is 1.17. The first-order valence-corrected chi connectivity index (χ1v) is 5.05. The van der Waals surface area contributed by atoms with E-state index in [0.717, 1.165) is 26.2 Å². The van der Waals surface area contributed by atoms with Gasteiger partial charge in [-0.05, 0) is 12.1 Å². The first-order chi connectivity index (χ1) is 6.90. The summed E-state index contributed by atoms with van der Waals surface area (Å²) in [5.74, 6) is 0.697. The van der Waals surface area contributed by atoms with E-state index in [4.69, 9.17) is 11.9 Å². The predicted octanol–water partition coefficient (Wildman–Crippen LogP) is 1.63. The molecule has 1 aromatic rings. The number of piperazine rings is 1. The van der Waals surface area contributed by atoms with Crippen LogP contribution in [0.15, 0.2) is 24.3 Å². The van der Waals surface area contributed by atoms with Gasteiger partial charge in [0.2, 0.25) is 0 Å². The smallest absolute Gasteiger partial charge is 0.148 e. The van der Waals surface area contributed by atoms with Gasteiger partial charge in [-0.1, -0.05) is 6.07 Å². The molecule has 0 unspecified atom stereocenters. The molecule has 0 spiro atoms. The molecule has 0 radical (unpaired) electrons. The van der Waals surface area contributed by atoms with E-state index in [1.54, 1.807) is 0 Å². The quantitative estimate of drug-likeness (QED) is 0.807. The highest BCUT2D eigenvalue weighted by atomic mass is 35.5. The highest BCUT2D eigenvalue weighted by molar-refractivity contribution is 6.09. The summed E-state index contributed by atoms with van der Waals surface area (Å²) < 4.78 is 4.68. The van der Waals surface area contributed by atoms with Crippen molar-refractivity contribution in [3.05, 3.63) is 24.3 Å². The molecule has 1 aliphatic rings. The van der Waals surface area contributed by atoms with Crippen molar-refractivity contribution >= 4 is 17.6 Å². The maximum Gasteiger partial charge on any atom is 0.148 e. The lowest BCUT2D eigenvalue weighted by Gasteiger charge is -2.29. The number of hydrogen-bond acceptors (Lipinski definition) is 3. The van der Waals surface area contributed by atoms with Crippen molar-refractivity contribution in [2.24, 2.45) is 0 Å². The summed E-state index contributed by atoms with van der Waals surface area (Å²) in [6.07, 6.45) is 0. The van der Waals surface area contributed by atoms with E-state index >= 15 is 0 Å². The summed E-state index contributed by atoms with van der Waals surface area (Å²) in [6.45, 7) is 4.13. The maximum absolute atomic E-state index is 5.31. The summed E-state index contributed by atoms with van der Waals surface area (Å²) in [6, 6.07) is 7.83. The van der Waals surface area contributed by atoms with Crippen LogP contribution >= 0.6 is 11.9 Å². The van der Waals surface area contributed by atoms with Crippen molar-refractivity contribution in [2.75, 3.05) is 31.1 Å². The number of hydrogen-bond donors (Lipinski definition) is 1. The molecule has 0 saturated carbocycles. The molecule has 0 atom stereocenters. The summed E-state index contributed by atoms with van der Waals surface area (Å²) in [5, 5.41) is 3.31. The van der Waals surface area contributed by atoms with Gasteiger partial charge in [0.05, 0.1) is 0 Å². The molecule has 1 heterocycles. The standard InChI is InChI=1S/C10H13ClN2O/c11-14-10-3-1-2-9(8-10)13-6-4-12-5-7-13/h1-3,8,12H,4-7H2. The monoisotopic (exact) mass is 212 g/mol. The highest BCUT2D eigenvalue weighted by Crippen LogP contribution is 2.21. The Balaban J connectivity index is 2.13. The Morgan fingerprint density at radius 2 is 2.07 bits per heavy atom. The van der Waals surface area contributed by atoms with Crippen molar-refractivity contribution < 1.29 is 4.29 Å². The Kier molecular flexibility index (Phi) is 3.11. The van der Waals surface area contributed by atoms with Crippen molar-refractivity contribution in [1.82, 2.24) is 5.32 Å². The average Bonchev–Trinajstić information content (AvgIpc) is 2.30. The molecule has 0 bridgehead atoms. The van der Waals surface area contributed by atoms with Crippen LogP contribution in [0, 0.1) is 0 Å². The minimum absolute atomic E-state index is 0.697. The van der Waals surface area contributed by atoms with Crippen LogP contribution in [0.5, 0.6) is 5.75 Å². The van der Waals surface area contributed by atoms with E-state index < -0.39 is 0 Å². The van der Waals surface area contributed by atoms with Gasteiger partial charge in [0.15, 0.2) is 0 Å². The third kappa shape index (κ3) is 2.11. The van der Waals surface area contributed by atoms with E-state index in [0.29, 0.717) is 5.75 Å². The fourth-order valence-corrected chi connectivity index (χ4v) is 1.75. The molecule has 4 heteroatoms. The molecule has 14 heavy (non-hydrogen) atoms. The summed E-state index contributed by atoms with van der Waals surface area (Å²) in [4.78, 5) is 2.32. The number of nitrogens with one attached hydrogen (secondary N) is 1. The molecule has 0 aliphatic carbocycles. The van der Waals surface area contributed by atoms with Crippen molar-refractivity contribution in [3.8, 4) is 5.75 Å². The van der Waals surface area contributed by atoms with Crippen molar-refractivity contribution in [2.45, 2.75) is 0 Å². The predicted molar refractivity (Wildman–Crippen MR) is 58.0 cm³/mol. The van der Waals surface area contributed by atoms with Gasteiger partial charge < -0.3 is 14.5 Å². The van der Waals surface area contributed by atoms with Crippen LogP contribution in [-0.4, -0.2) is 26.2 Å². The van der Waals surface area contributed by atoms with Crippen LogP contribution in [0.3, 0.4) is 0 Å². The minimum atomic E-state index is 0.697. The average molecular weight is 213 g/mol. The van der Waals surface area contributed by atoms with Gasteiger partial charge in [-0.15, -0.1) is 0 Å². The first kappa shape index (κ1) is 9.62. The van der Waals surface area contributed by atoms with Crippen LogP contribution in [0.4, 0.5) is 5.69 Å². The van der Waals surface area contributed by atoms with Gasteiger partial charge in [0.1, 0.15) is 17.6 Å². The molecule has 1 aromatic carbocycles. The number of rotatable bonds is 2. The van der Waals surface area contributed by atoms with E-state index in [-0.39, 0.29) is 0 Å². The lowest BCUT2D eigenvalue weighted by atomic mass is 10.2. The molecule has 0 amide bonds. The van der Waals surface area contributed by atoms with Gasteiger partial charge >= 0.3 is 0 Å². The third-order valence-electron chi connectivity index (χ3n) is 2.39. The van der Waals surface area contributed by atoms with Crippen molar-refractivity contribution in [3.63, 3.8) is 0 Å². The van der Waals surface area contributed by atoms with E-state index in [2.05, 4.69) is 20.6 Å². The largest absolute Gasteiger partial charge is 0.386 e. The molecule has 2 rings (SSSR count). The molecule has 3 nitrogen and oxygen atoms in total. The Labute approximate surface area is 88.8 Å². The zero-order valence-electron chi connectivity index (χ0n) is 7.87. The minimum Gasteiger partial charge on any atom is -0.386 e. The second kappa shape index (κ2) is 4.53. The molecule has 1 N–H and O–H groups in total. The van der Waals surface area contributed by atoms with Gasteiger partial charge in [-0.3, -0.25) is 0 Å². The van der Waals surface area contributed by atoms with Crippen LogP contribution < -0.4 is 14.5 Å². The Morgan fingerprint density at radius 3 is 2.79 bits per heavy atom. The van der Waals surface area contributed by atoms with Crippen LogP contribution in [0.25, 0.3) is 0 Å². The SMILES string of the molecule is ClOc1cccc(N2CCNCC2)c1. The van der Waals surface area contributed by atoms with Gasteiger partial charge in [0, 0.05) is 37.9 Å². The first-order valence-electron chi connectivity index (χ1n) is 4.74. The fourth-order valence-electron chi connectivity index (χ4n) is 1.65. The molecule has 1 aliphatic heterocycles. The van der Waals surface area contributed by atoms with E-state index in [1.807, 2.05) is 18.2 Å². The Morgan fingerprint density at radius 1 is 1.29 bits per heavy atom. The lowest BCUT2D eigenvalue weighted by Crippen LogP contribution is -2.43. The maximum atomic E-state index is 5.31. The van der Waals surface area contributed by atoms with Crippen LogP contribution in [-0.2, 0) is 0 Å². The summed E-state index contributed by atoms with van der Waals surface area (Å²) >= 11 is 5.31. The third-order valence-corrected chi connectivity index (χ3v) is 2.57. The number of benzene rings is 1. The van der Waals surface area contributed by atoms with Gasteiger partial charge in [-0.25, -0.2) is 0 Å². The number of anilines is 1. The zero-order chi connectivity index (χ0) is 9.80. The Hall–Kier alpha value is -0.930. The fraction of sp³-hybridized carbons (Fsp3) is 0.400. The topological polar surface area (TPSA) is 24.5 Å². The zero-order valence-corrected chi connectivity index (χ0v) is 8.63. The second-order valence-corrected chi connectivity index (χ2v) is 3.47. The van der Waals surface area contributed by atoms with E-state index in [9.17, 15) is 0 Å². The normalized spacial score (nSPS) is 16.8. The number of halogens is 1. The van der Waals surface area contributed by atoms with Crippen molar-refractivity contribution in [1.29, 1.82) is 0 Å². The molecule has 1 fully saturated rings. The second-order valence-electron chi connectivity index (χ2n) is 3.31. The summed E-state index contributed by atoms with van der Waals surface area (Å²) in [7, 11) is 0. The molecule has 1 saturated heterocycles.